The van der Waals surface area contributed by atoms with E-state index in [2.05, 4.69) is 25.2 Å². The van der Waals surface area contributed by atoms with Crippen LogP contribution in [0.15, 0.2) is 18.2 Å². The van der Waals surface area contributed by atoms with Crippen LogP contribution in [-0.2, 0) is 0 Å². The van der Waals surface area contributed by atoms with E-state index in [0.717, 1.165) is 29.8 Å². The van der Waals surface area contributed by atoms with Crippen LogP contribution < -0.4 is 11.1 Å². The summed E-state index contributed by atoms with van der Waals surface area (Å²) in [6.07, 6.45) is 4.45. The number of rotatable bonds is 3. The molecule has 0 spiro atoms. The number of anilines is 2. The first kappa shape index (κ1) is 13.2. The van der Waals surface area contributed by atoms with E-state index in [0.29, 0.717) is 5.92 Å². The number of benzene rings is 1. The average molecular weight is 248 g/mol. The summed E-state index contributed by atoms with van der Waals surface area (Å²) in [5, 5.41) is 13.3. The Balaban J connectivity index is 2.24. The SMILES string of the molecule is Cc1cccc(N)c1NC1(CO)CCCC(C)C1. The number of aryl methyl sites for hydroxylation is 1. The van der Waals surface area contributed by atoms with Crippen molar-refractivity contribution in [3.8, 4) is 0 Å². The fourth-order valence-electron chi connectivity index (χ4n) is 3.08. The second-order valence-electron chi connectivity index (χ2n) is 5.80. The standard InChI is InChI=1S/C15H24N2O/c1-11-5-4-8-15(9-11,10-18)17-14-12(2)6-3-7-13(14)16/h3,6-7,11,17-18H,4-5,8-10,16H2,1-2H3. The maximum atomic E-state index is 9.80. The maximum absolute atomic E-state index is 9.80. The highest BCUT2D eigenvalue weighted by Crippen LogP contribution is 2.37. The third kappa shape index (κ3) is 2.61. The first-order chi connectivity index (χ1) is 8.56. The lowest BCUT2D eigenvalue weighted by Crippen LogP contribution is -2.46. The van der Waals surface area contributed by atoms with Crippen molar-refractivity contribution in [1.82, 2.24) is 0 Å². The summed E-state index contributed by atoms with van der Waals surface area (Å²) >= 11 is 0. The summed E-state index contributed by atoms with van der Waals surface area (Å²) in [4.78, 5) is 0. The summed E-state index contributed by atoms with van der Waals surface area (Å²) in [7, 11) is 0. The fourth-order valence-corrected chi connectivity index (χ4v) is 3.08. The van der Waals surface area contributed by atoms with Gasteiger partial charge in [0.2, 0.25) is 0 Å². The number of aliphatic hydroxyl groups is 1. The molecule has 2 unspecified atom stereocenters. The minimum absolute atomic E-state index is 0.172. The number of hydrogen-bond donors (Lipinski definition) is 3. The van der Waals surface area contributed by atoms with Crippen LogP contribution in [0.3, 0.4) is 0 Å². The van der Waals surface area contributed by atoms with Crippen LogP contribution in [0.4, 0.5) is 11.4 Å². The van der Waals surface area contributed by atoms with Gasteiger partial charge in [0, 0.05) is 0 Å². The Kier molecular flexibility index (Phi) is 3.81. The highest BCUT2D eigenvalue weighted by Gasteiger charge is 2.34. The quantitative estimate of drug-likeness (QED) is 0.721. The van der Waals surface area contributed by atoms with Crippen molar-refractivity contribution < 1.29 is 5.11 Å². The molecule has 0 bridgehead atoms. The van der Waals surface area contributed by atoms with Crippen molar-refractivity contribution in [3.05, 3.63) is 23.8 Å². The molecule has 0 radical (unpaired) electrons. The molecule has 0 aromatic heterocycles. The average Bonchev–Trinajstić information content (AvgIpc) is 2.34. The van der Waals surface area contributed by atoms with Gasteiger partial charge >= 0.3 is 0 Å². The molecule has 18 heavy (non-hydrogen) atoms. The zero-order valence-corrected chi connectivity index (χ0v) is 11.4. The highest BCUT2D eigenvalue weighted by molar-refractivity contribution is 5.70. The third-order valence-electron chi connectivity index (χ3n) is 4.09. The van der Waals surface area contributed by atoms with Gasteiger partial charge < -0.3 is 16.2 Å². The maximum Gasteiger partial charge on any atom is 0.0661 e. The second kappa shape index (κ2) is 5.19. The van der Waals surface area contributed by atoms with Gasteiger partial charge in [-0.3, -0.25) is 0 Å². The Morgan fingerprint density at radius 1 is 1.50 bits per heavy atom. The van der Waals surface area contributed by atoms with E-state index in [-0.39, 0.29) is 12.1 Å². The van der Waals surface area contributed by atoms with Gasteiger partial charge in [-0.25, -0.2) is 0 Å². The van der Waals surface area contributed by atoms with Crippen molar-refractivity contribution in [2.75, 3.05) is 17.7 Å². The minimum Gasteiger partial charge on any atom is -0.397 e. The molecule has 4 N–H and O–H groups in total. The van der Waals surface area contributed by atoms with E-state index in [4.69, 9.17) is 5.73 Å². The first-order valence-corrected chi connectivity index (χ1v) is 6.80. The molecular weight excluding hydrogens is 224 g/mol. The smallest absolute Gasteiger partial charge is 0.0661 e. The Labute approximate surface area is 109 Å². The van der Waals surface area contributed by atoms with Gasteiger partial charge in [0.15, 0.2) is 0 Å². The number of nitrogens with two attached hydrogens (primary N) is 1. The van der Waals surface area contributed by atoms with E-state index in [1.165, 1.54) is 12.8 Å². The lowest BCUT2D eigenvalue weighted by atomic mass is 9.76. The van der Waals surface area contributed by atoms with Crippen LogP contribution in [-0.4, -0.2) is 17.3 Å². The monoisotopic (exact) mass is 248 g/mol. The third-order valence-corrected chi connectivity index (χ3v) is 4.09. The molecule has 3 nitrogen and oxygen atoms in total. The van der Waals surface area contributed by atoms with Crippen molar-refractivity contribution in [2.24, 2.45) is 5.92 Å². The zero-order chi connectivity index (χ0) is 13.2. The van der Waals surface area contributed by atoms with Crippen LogP contribution in [0.2, 0.25) is 0 Å². The van der Waals surface area contributed by atoms with E-state index >= 15 is 0 Å². The van der Waals surface area contributed by atoms with E-state index in [1.807, 2.05) is 12.1 Å². The molecule has 1 aromatic rings. The number of para-hydroxylation sites is 1. The molecule has 0 saturated heterocycles. The lowest BCUT2D eigenvalue weighted by molar-refractivity contribution is 0.149. The van der Waals surface area contributed by atoms with E-state index in [9.17, 15) is 5.11 Å². The molecule has 2 rings (SSSR count). The minimum atomic E-state index is -0.197. The van der Waals surface area contributed by atoms with E-state index in [1.54, 1.807) is 0 Å². The summed E-state index contributed by atoms with van der Waals surface area (Å²) in [5.74, 6) is 0.656. The van der Waals surface area contributed by atoms with Gasteiger partial charge in [0.05, 0.1) is 23.5 Å². The topological polar surface area (TPSA) is 58.3 Å². The van der Waals surface area contributed by atoms with Crippen molar-refractivity contribution in [3.63, 3.8) is 0 Å². The fraction of sp³-hybridized carbons (Fsp3) is 0.600. The molecule has 3 heteroatoms. The summed E-state index contributed by atoms with van der Waals surface area (Å²) < 4.78 is 0. The molecule has 0 heterocycles. The van der Waals surface area contributed by atoms with Crippen LogP contribution in [0, 0.1) is 12.8 Å². The number of aliphatic hydroxyl groups excluding tert-OH is 1. The molecule has 0 aliphatic heterocycles. The predicted molar refractivity (Wildman–Crippen MR) is 76.7 cm³/mol. The number of nitrogens with one attached hydrogen (secondary N) is 1. The Morgan fingerprint density at radius 2 is 2.28 bits per heavy atom. The van der Waals surface area contributed by atoms with Crippen LogP contribution >= 0.6 is 0 Å². The Bertz CT molecular complexity index is 399. The van der Waals surface area contributed by atoms with Crippen molar-refractivity contribution >= 4 is 11.4 Å². The molecule has 0 amide bonds. The normalized spacial score (nSPS) is 28.1. The molecular formula is C15H24N2O. The van der Waals surface area contributed by atoms with Crippen molar-refractivity contribution in [1.29, 1.82) is 0 Å². The van der Waals surface area contributed by atoms with Crippen LogP contribution in [0.1, 0.15) is 38.2 Å². The van der Waals surface area contributed by atoms with Crippen molar-refractivity contribution in [2.45, 2.75) is 45.1 Å². The van der Waals surface area contributed by atoms with Gasteiger partial charge in [-0.05, 0) is 37.3 Å². The van der Waals surface area contributed by atoms with Gasteiger partial charge in [-0.15, -0.1) is 0 Å². The molecule has 1 aromatic carbocycles. The molecule has 2 atom stereocenters. The first-order valence-electron chi connectivity index (χ1n) is 6.80. The molecule has 100 valence electrons. The molecule has 1 saturated carbocycles. The van der Waals surface area contributed by atoms with E-state index < -0.39 is 0 Å². The number of hydrogen-bond acceptors (Lipinski definition) is 3. The molecule has 1 fully saturated rings. The molecule has 1 aliphatic rings. The van der Waals surface area contributed by atoms with Gasteiger partial charge in [0.25, 0.3) is 0 Å². The largest absolute Gasteiger partial charge is 0.397 e. The van der Waals surface area contributed by atoms with Crippen LogP contribution in [0.25, 0.3) is 0 Å². The lowest BCUT2D eigenvalue weighted by Gasteiger charge is -2.40. The highest BCUT2D eigenvalue weighted by atomic mass is 16.3. The molecule has 1 aliphatic carbocycles. The second-order valence-corrected chi connectivity index (χ2v) is 5.80. The van der Waals surface area contributed by atoms with Crippen LogP contribution in [0.5, 0.6) is 0 Å². The van der Waals surface area contributed by atoms with Gasteiger partial charge in [0.1, 0.15) is 0 Å². The summed E-state index contributed by atoms with van der Waals surface area (Å²) in [6, 6.07) is 5.92. The summed E-state index contributed by atoms with van der Waals surface area (Å²) in [6.45, 7) is 4.48. The Morgan fingerprint density at radius 3 is 2.89 bits per heavy atom. The van der Waals surface area contributed by atoms with Gasteiger partial charge in [-0.1, -0.05) is 31.9 Å². The van der Waals surface area contributed by atoms with Gasteiger partial charge in [-0.2, -0.15) is 0 Å². The Hall–Kier alpha value is -1.22. The number of nitrogen functional groups attached to an aromatic ring is 1. The summed E-state index contributed by atoms with van der Waals surface area (Å²) in [5.41, 5.74) is 8.74. The zero-order valence-electron chi connectivity index (χ0n) is 11.4. The predicted octanol–water partition coefficient (Wildman–Crippen LogP) is 2.93.